The van der Waals surface area contributed by atoms with Crippen molar-refractivity contribution in [3.8, 4) is 0 Å². The number of hydrogen-bond acceptors (Lipinski definition) is 2. The minimum atomic E-state index is 0.207. The summed E-state index contributed by atoms with van der Waals surface area (Å²) < 4.78 is 0. The Bertz CT molecular complexity index is 557. The summed E-state index contributed by atoms with van der Waals surface area (Å²) in [5, 5.41) is 0.751. The van der Waals surface area contributed by atoms with E-state index < -0.39 is 0 Å². The average Bonchev–Trinajstić information content (AvgIpc) is 2.61. The fraction of sp³-hybridized carbons (Fsp3) is 0.650. The number of amides is 1. The fourth-order valence-corrected chi connectivity index (χ4v) is 4.50. The van der Waals surface area contributed by atoms with Crippen molar-refractivity contribution < 1.29 is 4.79 Å². The Morgan fingerprint density at radius 2 is 1.88 bits per heavy atom. The van der Waals surface area contributed by atoms with Crippen molar-refractivity contribution in [3.05, 3.63) is 34.9 Å². The Kier molecular flexibility index (Phi) is 5.83. The molecular formula is C20H29ClN2O. The molecule has 2 aliphatic rings. The first kappa shape index (κ1) is 17.8. The quantitative estimate of drug-likeness (QED) is 0.799. The van der Waals surface area contributed by atoms with E-state index in [1.165, 1.54) is 44.1 Å². The van der Waals surface area contributed by atoms with E-state index in [9.17, 15) is 4.79 Å². The lowest BCUT2D eigenvalue weighted by molar-refractivity contribution is -0.138. The summed E-state index contributed by atoms with van der Waals surface area (Å²) in [6, 6.07) is 8.64. The largest absolute Gasteiger partial charge is 0.338 e. The Balaban J connectivity index is 1.61. The molecule has 0 N–H and O–H groups in total. The second-order valence-corrected chi connectivity index (χ2v) is 7.92. The van der Waals surface area contributed by atoms with Gasteiger partial charge in [0.1, 0.15) is 0 Å². The highest BCUT2D eigenvalue weighted by Crippen LogP contribution is 2.35. The van der Waals surface area contributed by atoms with Gasteiger partial charge in [0.25, 0.3) is 0 Å². The van der Waals surface area contributed by atoms with E-state index in [1.54, 1.807) is 0 Å². The predicted molar refractivity (Wildman–Crippen MR) is 99.2 cm³/mol. The van der Waals surface area contributed by atoms with Gasteiger partial charge in [0.15, 0.2) is 0 Å². The van der Waals surface area contributed by atoms with Crippen molar-refractivity contribution in [2.24, 2.45) is 5.92 Å². The highest BCUT2D eigenvalue weighted by atomic mass is 35.5. The zero-order valence-corrected chi connectivity index (χ0v) is 15.6. The lowest BCUT2D eigenvalue weighted by Gasteiger charge is -2.44. The average molecular weight is 349 g/mol. The van der Waals surface area contributed by atoms with E-state index >= 15 is 0 Å². The van der Waals surface area contributed by atoms with Crippen LogP contribution in [0.4, 0.5) is 0 Å². The van der Waals surface area contributed by atoms with E-state index in [2.05, 4.69) is 16.7 Å². The van der Waals surface area contributed by atoms with Gasteiger partial charge < -0.3 is 4.90 Å². The standard InChI is InChI=1S/C20H29ClN2O/c1-15(16-9-11-18(21)12-10-16)22(2)14-20(24)23-13-5-7-17-6-3-4-8-19(17)23/h9-12,15,17,19H,3-8,13-14H2,1-2H3. The summed E-state index contributed by atoms with van der Waals surface area (Å²) in [6.45, 7) is 3.59. The summed E-state index contributed by atoms with van der Waals surface area (Å²) >= 11 is 5.97. The third kappa shape index (κ3) is 3.94. The van der Waals surface area contributed by atoms with E-state index in [1.807, 2.05) is 31.3 Å². The number of benzene rings is 1. The minimum Gasteiger partial charge on any atom is -0.338 e. The maximum Gasteiger partial charge on any atom is 0.237 e. The first-order valence-corrected chi connectivity index (χ1v) is 9.69. The van der Waals surface area contributed by atoms with Gasteiger partial charge >= 0.3 is 0 Å². The van der Waals surface area contributed by atoms with E-state index in [4.69, 9.17) is 11.6 Å². The molecule has 1 heterocycles. The Labute approximate surface area is 151 Å². The Morgan fingerprint density at radius 3 is 2.62 bits per heavy atom. The van der Waals surface area contributed by atoms with Crippen LogP contribution in [0.25, 0.3) is 0 Å². The summed E-state index contributed by atoms with van der Waals surface area (Å²) in [7, 11) is 2.04. The Hall–Kier alpha value is -1.06. The van der Waals surface area contributed by atoms with Crippen LogP contribution in [-0.2, 0) is 4.79 Å². The van der Waals surface area contributed by atoms with Crippen molar-refractivity contribution in [3.63, 3.8) is 0 Å². The first-order chi connectivity index (χ1) is 11.6. The van der Waals surface area contributed by atoms with Gasteiger partial charge in [0.2, 0.25) is 5.91 Å². The van der Waals surface area contributed by atoms with Crippen LogP contribution < -0.4 is 0 Å². The monoisotopic (exact) mass is 348 g/mol. The maximum absolute atomic E-state index is 12.9. The number of nitrogens with zero attached hydrogens (tertiary/aromatic N) is 2. The van der Waals surface area contributed by atoms with Gasteiger partial charge in [0.05, 0.1) is 6.54 Å². The topological polar surface area (TPSA) is 23.6 Å². The van der Waals surface area contributed by atoms with E-state index in [-0.39, 0.29) is 6.04 Å². The highest BCUT2D eigenvalue weighted by Gasteiger charge is 2.35. The first-order valence-electron chi connectivity index (χ1n) is 9.31. The summed E-state index contributed by atoms with van der Waals surface area (Å²) in [5.41, 5.74) is 1.20. The van der Waals surface area contributed by atoms with E-state index in [0.29, 0.717) is 18.5 Å². The second-order valence-electron chi connectivity index (χ2n) is 7.48. The van der Waals surface area contributed by atoms with Gasteiger partial charge in [-0.15, -0.1) is 0 Å². The fourth-order valence-electron chi connectivity index (χ4n) is 4.37. The van der Waals surface area contributed by atoms with Crippen LogP contribution in [0.1, 0.15) is 57.1 Å². The molecule has 1 saturated carbocycles. The van der Waals surface area contributed by atoms with Gasteiger partial charge in [-0.25, -0.2) is 0 Å². The second kappa shape index (κ2) is 7.88. The molecule has 3 unspecified atom stereocenters. The maximum atomic E-state index is 12.9. The van der Waals surface area contributed by atoms with Gasteiger partial charge in [-0.2, -0.15) is 0 Å². The summed E-state index contributed by atoms with van der Waals surface area (Å²) in [4.78, 5) is 17.3. The molecule has 3 atom stereocenters. The van der Waals surface area contributed by atoms with Crippen LogP contribution in [0.2, 0.25) is 5.02 Å². The SMILES string of the molecule is CC(c1ccc(Cl)cc1)N(C)CC(=O)N1CCCC2CCCCC21. The van der Waals surface area contributed by atoms with Crippen LogP contribution in [0.5, 0.6) is 0 Å². The smallest absolute Gasteiger partial charge is 0.237 e. The normalized spacial score (nSPS) is 25.4. The summed E-state index contributed by atoms with van der Waals surface area (Å²) in [5.74, 6) is 1.05. The molecule has 1 aromatic rings. The third-order valence-corrected chi connectivity index (χ3v) is 6.21. The lowest BCUT2D eigenvalue weighted by atomic mass is 9.78. The minimum absolute atomic E-state index is 0.207. The third-order valence-electron chi connectivity index (χ3n) is 5.96. The number of carbonyl (C=O) groups is 1. The predicted octanol–water partition coefficient (Wildman–Crippen LogP) is 4.51. The molecule has 1 aliphatic heterocycles. The zero-order chi connectivity index (χ0) is 17.1. The molecule has 1 aliphatic carbocycles. The van der Waals surface area contributed by atoms with Crippen molar-refractivity contribution in [1.29, 1.82) is 0 Å². The van der Waals surface area contributed by atoms with Crippen molar-refractivity contribution in [1.82, 2.24) is 9.80 Å². The molecule has 0 aromatic heterocycles. The van der Waals surface area contributed by atoms with E-state index in [0.717, 1.165) is 17.5 Å². The number of likely N-dealkylation sites (tertiary alicyclic amines) is 1. The lowest BCUT2D eigenvalue weighted by Crippen LogP contribution is -2.52. The van der Waals surface area contributed by atoms with Crippen molar-refractivity contribution >= 4 is 17.5 Å². The molecular weight excluding hydrogens is 320 g/mol. The summed E-state index contributed by atoms with van der Waals surface area (Å²) in [6.07, 6.45) is 7.62. The van der Waals surface area contributed by atoms with Gasteiger partial charge in [-0.1, -0.05) is 36.6 Å². The van der Waals surface area contributed by atoms with Crippen LogP contribution in [0.3, 0.4) is 0 Å². The molecule has 1 amide bonds. The molecule has 0 radical (unpaired) electrons. The van der Waals surface area contributed by atoms with Gasteiger partial charge in [-0.3, -0.25) is 9.69 Å². The number of likely N-dealkylation sites (N-methyl/N-ethyl adjacent to an activating group) is 1. The number of rotatable bonds is 4. The number of hydrogen-bond donors (Lipinski definition) is 0. The number of halogens is 1. The van der Waals surface area contributed by atoms with Crippen LogP contribution >= 0.6 is 11.6 Å². The molecule has 0 bridgehead atoms. The molecule has 3 rings (SSSR count). The molecule has 132 valence electrons. The van der Waals surface area contributed by atoms with Gasteiger partial charge in [0, 0.05) is 23.7 Å². The van der Waals surface area contributed by atoms with Crippen LogP contribution in [0.15, 0.2) is 24.3 Å². The number of piperidine rings is 1. The molecule has 4 heteroatoms. The molecule has 3 nitrogen and oxygen atoms in total. The van der Waals surface area contributed by atoms with Crippen molar-refractivity contribution in [2.75, 3.05) is 20.1 Å². The molecule has 0 spiro atoms. The number of fused-ring (bicyclic) bond motifs is 1. The van der Waals surface area contributed by atoms with Gasteiger partial charge in [-0.05, 0) is 63.3 Å². The van der Waals surface area contributed by atoms with Crippen LogP contribution in [0, 0.1) is 5.92 Å². The molecule has 1 saturated heterocycles. The molecule has 1 aromatic carbocycles. The number of carbonyl (C=O) groups excluding carboxylic acids is 1. The zero-order valence-electron chi connectivity index (χ0n) is 14.9. The van der Waals surface area contributed by atoms with Crippen LogP contribution in [-0.4, -0.2) is 41.9 Å². The highest BCUT2D eigenvalue weighted by molar-refractivity contribution is 6.30. The molecule has 2 fully saturated rings. The molecule has 24 heavy (non-hydrogen) atoms. The van der Waals surface area contributed by atoms with Crippen molar-refractivity contribution in [2.45, 2.75) is 57.5 Å². The Morgan fingerprint density at radius 1 is 1.21 bits per heavy atom.